The number of nitrogens with zero attached hydrogens (tertiary/aromatic N) is 2. The van der Waals surface area contributed by atoms with E-state index in [2.05, 4.69) is 17.6 Å². The molecule has 4 nitrogen and oxygen atoms in total. The molecule has 102 valence electrons. The molecule has 0 radical (unpaired) electrons. The van der Waals surface area contributed by atoms with Gasteiger partial charge >= 0.3 is 0 Å². The van der Waals surface area contributed by atoms with Crippen molar-refractivity contribution in [3.63, 3.8) is 0 Å². The number of aldehydes is 1. The number of fused-ring (bicyclic) bond motifs is 1. The first-order valence-electron chi connectivity index (χ1n) is 6.15. The van der Waals surface area contributed by atoms with Gasteiger partial charge in [0.25, 0.3) is 0 Å². The lowest BCUT2D eigenvalue weighted by Gasteiger charge is -2.02. The van der Waals surface area contributed by atoms with E-state index in [0.717, 1.165) is 35.1 Å². The summed E-state index contributed by atoms with van der Waals surface area (Å²) in [6.45, 7) is 3.18. The minimum Gasteiger partial charge on any atom is -0.354 e. The number of aromatic nitrogens is 2. The molecule has 1 aromatic carbocycles. The highest BCUT2D eigenvalue weighted by Crippen LogP contribution is 2.18. The standard InChI is InChI=1S/C14H19N2O2S/c1-11-6-12(9-17)7-13-8-16(15-14(11)13)10-18-4-5-19(2)3/h6-9H,4-5,10H2,1-3H3/q+1. The predicted octanol–water partition coefficient (Wildman–Crippen LogP) is 2.01. The molecule has 0 aliphatic carbocycles. The lowest BCUT2D eigenvalue weighted by molar-refractivity contribution is 0.0815. The molecule has 1 aromatic heterocycles. The van der Waals surface area contributed by atoms with Crippen LogP contribution >= 0.6 is 0 Å². The van der Waals surface area contributed by atoms with Crippen molar-refractivity contribution in [3.05, 3.63) is 29.5 Å². The summed E-state index contributed by atoms with van der Waals surface area (Å²) in [6.07, 6.45) is 7.20. The quantitative estimate of drug-likeness (QED) is 0.461. The second-order valence-electron chi connectivity index (χ2n) is 4.79. The van der Waals surface area contributed by atoms with Crippen molar-refractivity contribution in [2.45, 2.75) is 13.7 Å². The van der Waals surface area contributed by atoms with Crippen LogP contribution in [0, 0.1) is 6.92 Å². The molecule has 0 fully saturated rings. The Morgan fingerprint density at radius 3 is 2.89 bits per heavy atom. The summed E-state index contributed by atoms with van der Waals surface area (Å²) < 4.78 is 7.38. The van der Waals surface area contributed by atoms with E-state index in [0.29, 0.717) is 23.2 Å². The fraction of sp³-hybridized carbons (Fsp3) is 0.429. The Balaban J connectivity index is 2.09. The van der Waals surface area contributed by atoms with Crippen LogP contribution in [0.3, 0.4) is 0 Å². The lowest BCUT2D eigenvalue weighted by Crippen LogP contribution is -2.11. The first-order valence-corrected chi connectivity index (χ1v) is 8.36. The number of aryl methyl sites for hydroxylation is 1. The SMILES string of the molecule is Cc1cc(C=O)cc2cn(COCC[S+](C)C)nc12. The number of ether oxygens (including phenoxy) is 1. The van der Waals surface area contributed by atoms with Crippen molar-refractivity contribution >= 4 is 28.1 Å². The number of carbonyl (C=O) groups excluding carboxylic acids is 1. The van der Waals surface area contributed by atoms with Gasteiger partial charge in [0.2, 0.25) is 0 Å². The highest BCUT2D eigenvalue weighted by atomic mass is 32.2. The highest BCUT2D eigenvalue weighted by Gasteiger charge is 2.06. The zero-order valence-electron chi connectivity index (χ0n) is 11.5. The van der Waals surface area contributed by atoms with Crippen LogP contribution in [0.2, 0.25) is 0 Å². The summed E-state index contributed by atoms with van der Waals surface area (Å²) in [5.41, 5.74) is 2.63. The average Bonchev–Trinajstić information content (AvgIpc) is 2.77. The second-order valence-corrected chi connectivity index (χ2v) is 7.17. The van der Waals surface area contributed by atoms with Crippen LogP contribution < -0.4 is 0 Å². The largest absolute Gasteiger partial charge is 0.354 e. The minimum absolute atomic E-state index is 0.410. The molecule has 2 aromatic rings. The third-order valence-corrected chi connectivity index (χ3v) is 3.85. The fourth-order valence-corrected chi connectivity index (χ4v) is 2.36. The summed E-state index contributed by atoms with van der Waals surface area (Å²) in [5, 5.41) is 5.47. The first kappa shape index (κ1) is 14.1. The average molecular weight is 279 g/mol. The molecule has 2 rings (SSSR count). The van der Waals surface area contributed by atoms with E-state index in [9.17, 15) is 4.79 Å². The van der Waals surface area contributed by atoms with Crippen LogP contribution in [0.5, 0.6) is 0 Å². The first-order chi connectivity index (χ1) is 9.10. The van der Waals surface area contributed by atoms with E-state index in [-0.39, 0.29) is 0 Å². The van der Waals surface area contributed by atoms with Gasteiger partial charge in [0, 0.05) is 17.1 Å². The third kappa shape index (κ3) is 3.58. The summed E-state index contributed by atoms with van der Waals surface area (Å²) in [6, 6.07) is 3.71. The van der Waals surface area contributed by atoms with Gasteiger partial charge in [-0.15, -0.1) is 0 Å². The van der Waals surface area contributed by atoms with E-state index in [1.807, 2.05) is 25.3 Å². The molecule has 19 heavy (non-hydrogen) atoms. The number of benzene rings is 1. The van der Waals surface area contributed by atoms with Gasteiger partial charge in [0.15, 0.2) is 0 Å². The molecule has 0 aliphatic rings. The van der Waals surface area contributed by atoms with Crippen molar-refractivity contribution in [2.24, 2.45) is 0 Å². The molecule has 0 saturated carbocycles. The van der Waals surface area contributed by atoms with Gasteiger partial charge in [-0.25, -0.2) is 4.68 Å². The van der Waals surface area contributed by atoms with Crippen LogP contribution in [-0.2, 0) is 22.4 Å². The molecule has 0 unspecified atom stereocenters. The molecule has 0 spiro atoms. The zero-order valence-corrected chi connectivity index (χ0v) is 12.4. The molecule has 0 N–H and O–H groups in total. The zero-order chi connectivity index (χ0) is 13.8. The van der Waals surface area contributed by atoms with Crippen molar-refractivity contribution in [2.75, 3.05) is 24.9 Å². The molecular formula is C14H19N2O2S+. The molecule has 0 saturated heterocycles. The Labute approximate surface area is 116 Å². The molecule has 5 heteroatoms. The Bertz CT molecular complexity index is 578. The van der Waals surface area contributed by atoms with E-state index >= 15 is 0 Å². The maximum atomic E-state index is 10.8. The van der Waals surface area contributed by atoms with Crippen LogP contribution in [0.25, 0.3) is 10.9 Å². The number of rotatable bonds is 6. The van der Waals surface area contributed by atoms with Gasteiger partial charge < -0.3 is 4.74 Å². The van der Waals surface area contributed by atoms with E-state index < -0.39 is 0 Å². The molecule has 0 bridgehead atoms. The third-order valence-electron chi connectivity index (χ3n) is 2.86. The second kappa shape index (κ2) is 6.21. The Morgan fingerprint density at radius 1 is 1.42 bits per heavy atom. The number of carbonyl (C=O) groups is 1. The summed E-state index contributed by atoms with van der Waals surface area (Å²) in [5.74, 6) is 1.08. The number of hydrogen-bond donors (Lipinski definition) is 0. The van der Waals surface area contributed by atoms with Gasteiger partial charge in [0.1, 0.15) is 18.8 Å². The molecule has 0 aliphatic heterocycles. The van der Waals surface area contributed by atoms with Gasteiger partial charge in [-0.05, 0) is 35.5 Å². The maximum Gasteiger partial charge on any atom is 0.150 e. The van der Waals surface area contributed by atoms with Crippen molar-refractivity contribution in [3.8, 4) is 0 Å². The van der Waals surface area contributed by atoms with Gasteiger partial charge in [-0.3, -0.25) is 4.79 Å². The lowest BCUT2D eigenvalue weighted by atomic mass is 10.1. The molecule has 0 atom stereocenters. The van der Waals surface area contributed by atoms with Crippen molar-refractivity contribution < 1.29 is 9.53 Å². The summed E-state index contributed by atoms with van der Waals surface area (Å²) >= 11 is 0. The topological polar surface area (TPSA) is 44.1 Å². The van der Waals surface area contributed by atoms with Crippen molar-refractivity contribution in [1.29, 1.82) is 0 Å². The van der Waals surface area contributed by atoms with E-state index in [4.69, 9.17) is 4.74 Å². The molecule has 0 amide bonds. The van der Waals surface area contributed by atoms with Gasteiger partial charge in [-0.2, -0.15) is 5.10 Å². The minimum atomic E-state index is 0.410. The van der Waals surface area contributed by atoms with Gasteiger partial charge in [0.05, 0.1) is 24.6 Å². The van der Waals surface area contributed by atoms with Crippen LogP contribution in [-0.4, -0.2) is 40.9 Å². The van der Waals surface area contributed by atoms with Crippen LogP contribution in [0.4, 0.5) is 0 Å². The molecular weight excluding hydrogens is 260 g/mol. The Kier molecular flexibility index (Phi) is 4.61. The van der Waals surface area contributed by atoms with Gasteiger partial charge in [-0.1, -0.05) is 0 Å². The number of hydrogen-bond acceptors (Lipinski definition) is 3. The predicted molar refractivity (Wildman–Crippen MR) is 79.9 cm³/mol. The Hall–Kier alpha value is -1.33. The normalized spacial score (nSPS) is 11.4. The summed E-state index contributed by atoms with van der Waals surface area (Å²) in [4.78, 5) is 10.8. The summed E-state index contributed by atoms with van der Waals surface area (Å²) in [7, 11) is 0.410. The smallest absolute Gasteiger partial charge is 0.150 e. The maximum absolute atomic E-state index is 10.8. The Morgan fingerprint density at radius 2 is 2.21 bits per heavy atom. The van der Waals surface area contributed by atoms with Crippen molar-refractivity contribution in [1.82, 2.24) is 9.78 Å². The van der Waals surface area contributed by atoms with E-state index in [1.54, 1.807) is 4.68 Å². The highest BCUT2D eigenvalue weighted by molar-refractivity contribution is 7.95. The van der Waals surface area contributed by atoms with Crippen LogP contribution in [0.15, 0.2) is 18.3 Å². The van der Waals surface area contributed by atoms with Crippen LogP contribution in [0.1, 0.15) is 15.9 Å². The molecule has 1 heterocycles. The van der Waals surface area contributed by atoms with E-state index in [1.165, 1.54) is 0 Å². The fourth-order valence-electron chi connectivity index (χ4n) is 1.91. The monoisotopic (exact) mass is 279 g/mol.